The molecule has 5 aromatic carbocycles. The van der Waals surface area contributed by atoms with Crippen molar-refractivity contribution in [1.29, 1.82) is 0 Å². The molecule has 24 rings (SSSR count). The molecule has 4 fully saturated rings. The molecule has 30 nitrogen and oxygen atoms in total. The fourth-order valence-electron chi connectivity index (χ4n) is 18.1. The van der Waals surface area contributed by atoms with Gasteiger partial charge < -0.3 is 56.6 Å². The Bertz CT molecular complexity index is 7910. The van der Waals surface area contributed by atoms with E-state index < -0.39 is 5.63 Å². The van der Waals surface area contributed by atoms with Crippen molar-refractivity contribution in [3.8, 4) is 62.0 Å². The van der Waals surface area contributed by atoms with Crippen LogP contribution in [0.1, 0.15) is 52.5 Å². The molecule has 0 atom stereocenters. The molecular formula is C105H103N19O11S. The topological polar surface area (TPSA) is 294 Å². The molecule has 0 bridgehead atoms. The lowest BCUT2D eigenvalue weighted by atomic mass is 10.1. The molecule has 0 spiro atoms. The number of fused-ring (bicyclic) bond motifs is 10. The van der Waals surface area contributed by atoms with Crippen LogP contribution >= 0.6 is 11.3 Å². The van der Waals surface area contributed by atoms with Gasteiger partial charge in [-0.25, -0.2) is 52.5 Å². The highest BCUT2D eigenvalue weighted by molar-refractivity contribution is 7.15. The molecule has 0 radical (unpaired) electrons. The molecule has 4 saturated heterocycles. The molecule has 4 aliphatic rings. The lowest BCUT2D eigenvalue weighted by Gasteiger charge is -2.38. The van der Waals surface area contributed by atoms with Crippen molar-refractivity contribution in [3.63, 3.8) is 0 Å². The number of benzene rings is 5. The minimum absolute atomic E-state index is 0.195. The number of hydrogen-bond acceptors (Lipinski definition) is 26. The van der Waals surface area contributed by atoms with Crippen molar-refractivity contribution in [1.82, 2.24) is 77.5 Å². The summed E-state index contributed by atoms with van der Waals surface area (Å²) in [6.07, 6.45) is 18.0. The van der Waals surface area contributed by atoms with E-state index in [0.717, 1.165) is 201 Å². The van der Waals surface area contributed by atoms with Crippen LogP contribution in [0.25, 0.3) is 138 Å². The summed E-state index contributed by atoms with van der Waals surface area (Å²) < 4.78 is 43.1. The van der Waals surface area contributed by atoms with Crippen LogP contribution in [-0.2, 0) is 6.54 Å². The van der Waals surface area contributed by atoms with Crippen molar-refractivity contribution < 1.29 is 26.8 Å². The Morgan fingerprint density at radius 1 is 0.434 bits per heavy atom. The van der Waals surface area contributed by atoms with E-state index in [4.69, 9.17) is 26.8 Å². The van der Waals surface area contributed by atoms with Crippen molar-refractivity contribution in [2.75, 3.05) is 134 Å². The van der Waals surface area contributed by atoms with Crippen LogP contribution in [0.5, 0.6) is 5.75 Å². The Balaban J connectivity index is 0.000000105. The summed E-state index contributed by atoms with van der Waals surface area (Å²) in [6, 6.07) is 64.8. The average molecular weight is 1840 g/mol. The third-order valence-electron chi connectivity index (χ3n) is 25.4. The van der Waals surface area contributed by atoms with Gasteiger partial charge in [-0.05, 0) is 225 Å². The predicted molar refractivity (Wildman–Crippen MR) is 535 cm³/mol. The van der Waals surface area contributed by atoms with Crippen molar-refractivity contribution >= 4 is 111 Å². The van der Waals surface area contributed by atoms with Crippen LogP contribution in [-0.4, -0.2) is 203 Å². The molecule has 0 saturated carbocycles. The molecule has 31 heteroatoms. The molecule has 0 unspecified atom stereocenters. The number of anilines is 3. The van der Waals surface area contributed by atoms with Gasteiger partial charge in [-0.3, -0.25) is 18.6 Å². The van der Waals surface area contributed by atoms with Gasteiger partial charge in [-0.1, -0.05) is 44.2 Å². The predicted octanol–water partition coefficient (Wildman–Crippen LogP) is 16.4. The second kappa shape index (κ2) is 39.3. The number of ether oxygens (including phenoxy) is 1. The largest absolute Gasteiger partial charge is 0.490 e. The number of piperidine rings is 1. The van der Waals surface area contributed by atoms with E-state index in [9.17, 15) is 24.0 Å². The molecule has 15 aromatic heterocycles. The van der Waals surface area contributed by atoms with Crippen molar-refractivity contribution in [2.24, 2.45) is 0 Å². The fourth-order valence-corrected chi connectivity index (χ4v) is 18.8. The second-order valence-electron chi connectivity index (χ2n) is 35.1. The van der Waals surface area contributed by atoms with E-state index in [1.165, 1.54) is 17.8 Å². The van der Waals surface area contributed by atoms with Crippen LogP contribution in [0.15, 0.2) is 301 Å². The van der Waals surface area contributed by atoms with Gasteiger partial charge in [-0.2, -0.15) is 15.3 Å². The van der Waals surface area contributed by atoms with E-state index in [2.05, 4.69) is 122 Å². The summed E-state index contributed by atoms with van der Waals surface area (Å²) in [4.78, 5) is 93.4. The molecule has 0 aliphatic carbocycles. The van der Waals surface area contributed by atoms with Gasteiger partial charge >= 0.3 is 28.1 Å². The molecule has 1 N–H and O–H groups in total. The third kappa shape index (κ3) is 19.6. The quantitative estimate of drug-likeness (QED) is 0.0879. The number of pyridine rings is 3. The third-order valence-corrected chi connectivity index (χ3v) is 26.2. The highest BCUT2D eigenvalue weighted by Crippen LogP contribution is 2.34. The smallest absolute Gasteiger partial charge is 0.345 e. The van der Waals surface area contributed by atoms with Gasteiger partial charge in [0.1, 0.15) is 56.9 Å². The number of piperazine rings is 3. The minimum atomic E-state index is -0.426. The number of nitrogens with one attached hydrogen (secondary N) is 1. The second-order valence-corrected chi connectivity index (χ2v) is 36.0. The van der Waals surface area contributed by atoms with Crippen molar-refractivity contribution in [2.45, 2.75) is 65.6 Å². The highest BCUT2D eigenvalue weighted by atomic mass is 32.1. The maximum Gasteiger partial charge on any atom is 0.345 e. The Labute approximate surface area is 784 Å². The lowest BCUT2D eigenvalue weighted by molar-refractivity contribution is 0.162. The minimum Gasteiger partial charge on any atom is -0.490 e. The van der Waals surface area contributed by atoms with Gasteiger partial charge in [-0.15, -0.1) is 11.3 Å². The molecular weight excluding hydrogens is 1740 g/mol. The van der Waals surface area contributed by atoms with Gasteiger partial charge in [0.2, 0.25) is 5.78 Å². The van der Waals surface area contributed by atoms with Crippen LogP contribution in [0.2, 0.25) is 0 Å². The summed E-state index contributed by atoms with van der Waals surface area (Å²) in [5, 5.41) is 23.2. The average Bonchev–Trinajstić information content (AvgIpc) is 1.41. The maximum absolute atomic E-state index is 12.7. The summed E-state index contributed by atoms with van der Waals surface area (Å²) in [6.45, 7) is 26.2. The molecule has 0 amide bonds. The summed E-state index contributed by atoms with van der Waals surface area (Å²) in [5.41, 5.74) is 13.8. The first kappa shape index (κ1) is 88.9. The van der Waals surface area contributed by atoms with E-state index in [1.807, 2.05) is 225 Å². The molecule has 690 valence electrons. The Morgan fingerprint density at radius 2 is 0.860 bits per heavy atom. The summed E-state index contributed by atoms with van der Waals surface area (Å²) >= 11 is 1.53. The maximum atomic E-state index is 12.7. The van der Waals surface area contributed by atoms with Gasteiger partial charge in [0.15, 0.2) is 4.96 Å². The zero-order valence-electron chi connectivity index (χ0n) is 76.5. The number of imidazole rings is 2. The number of thiazole rings is 1. The van der Waals surface area contributed by atoms with Gasteiger partial charge in [0, 0.05) is 214 Å². The lowest BCUT2D eigenvalue weighted by Crippen LogP contribution is -2.48. The number of nitrogens with zero attached hydrogens (tertiary/aromatic N) is 18. The number of rotatable bonds is 16. The number of aromatic nitrogens is 11. The monoisotopic (exact) mass is 1840 g/mol. The molecule has 4 aliphatic heterocycles. The van der Waals surface area contributed by atoms with Crippen LogP contribution in [0.3, 0.4) is 0 Å². The van der Waals surface area contributed by atoms with E-state index in [0.29, 0.717) is 96.0 Å². The van der Waals surface area contributed by atoms with E-state index in [-0.39, 0.29) is 28.6 Å². The summed E-state index contributed by atoms with van der Waals surface area (Å²) in [7, 11) is 4.02. The molecule has 136 heavy (non-hydrogen) atoms. The SMILES string of the molecule is CC(C)N1CCN(c2ccc3cc(-c4cc5ccccn5n4)c(=O)oc3c2)CC1.CCCN1CCN(c2ccc3cc(-c4cc5ccccn5n4)c(=O)oc3c2)CC1.CCN1CCN(c2ccc3cc(-c4cc5ccccn5n4)c(=O)oc3c2)CC1.CN(C)Cc1ccc2cc(-c3cn4ccsc4n3)c(=O)oc2c1.O=c1oc2cc(OC3CCNCC3)ccc2cc1-c1cn2cccnc2n1. The molecule has 20 aromatic rings. The first-order valence-electron chi connectivity index (χ1n) is 46.3. The fraction of sp³-hybridized carbons (Fsp3) is 0.267. The summed E-state index contributed by atoms with van der Waals surface area (Å²) in [5.74, 6) is 1.26. The zero-order chi connectivity index (χ0) is 93.0. The Hall–Kier alpha value is -15.0. The number of hydrogen-bond donors (Lipinski definition) is 1. The normalized spacial score (nSPS) is 14.9. The van der Waals surface area contributed by atoms with E-state index >= 15 is 0 Å². The first-order chi connectivity index (χ1) is 66.4. The van der Waals surface area contributed by atoms with Crippen LogP contribution in [0.4, 0.5) is 17.1 Å². The van der Waals surface area contributed by atoms with Crippen molar-refractivity contribution in [3.05, 3.63) is 313 Å². The van der Waals surface area contributed by atoms with Crippen LogP contribution in [0, 0.1) is 0 Å². The number of likely N-dealkylation sites (N-methyl/N-ethyl adjacent to an activating group) is 1. The molecule has 19 heterocycles. The van der Waals surface area contributed by atoms with Gasteiger partial charge in [0.05, 0.1) is 55.8 Å². The first-order valence-corrected chi connectivity index (χ1v) is 47.2. The van der Waals surface area contributed by atoms with E-state index in [1.54, 1.807) is 42.5 Å². The Kier molecular flexibility index (Phi) is 25.7. The highest BCUT2D eigenvalue weighted by Gasteiger charge is 2.26. The van der Waals surface area contributed by atoms with Crippen LogP contribution < -0.4 is 52.9 Å². The Morgan fingerprint density at radius 3 is 1.30 bits per heavy atom. The van der Waals surface area contributed by atoms with Gasteiger partial charge in [0.25, 0.3) is 0 Å². The zero-order valence-corrected chi connectivity index (χ0v) is 77.3. The standard InChI is InChI=1S/2C23H24N4O2.C22H22N4O2.C20H18N4O3.C17H15N3O2S/c1-16(2)25-9-11-26(12-10-25)18-7-6-17-13-20(23(28)29-22(17)15-18)21-14-19-5-3-4-8-27(19)24-21;1-2-8-25-10-12-26(13-11-25)18-7-6-17-14-20(23(28)29-22(17)16-18)21-15-19-5-3-4-9-27(19)24-21;1-2-24-9-11-25(12-10-24)17-7-6-16-13-19(22(27)28-21(16)15-17)20-14-18-5-3-4-8-26(18)23-20;25-19-16(17-12-24-9-1-6-22-20(24)23-17)10-13-2-3-15(11-18(13)27-19)26-14-4-7-21-8-5-14;1-19(2)9-11-3-4-12-8-13(16(21)22-15(12)7-11)14-10-20-5-6-23-17(20)18-14/h3-8,13-16H,9-12H2,1-2H3;3-7,9,14-16H,2,8,10-13H2,1H3;3-8,13-15H,2,9-12H2,1H3;1-3,6,9-12,14,21H,4-5,7-8H2;3-8,10H,9H2,1-2H3.